The van der Waals surface area contributed by atoms with Crippen LogP contribution in [0.25, 0.3) is 0 Å². The summed E-state index contributed by atoms with van der Waals surface area (Å²) < 4.78 is 2.16. The number of hydrogen-bond acceptors (Lipinski definition) is 3. The molecule has 0 radical (unpaired) electrons. The van der Waals surface area contributed by atoms with Crippen LogP contribution in [-0.4, -0.2) is 40.5 Å². The van der Waals surface area contributed by atoms with E-state index in [9.17, 15) is 0 Å². The van der Waals surface area contributed by atoms with Crippen LogP contribution in [-0.2, 0) is 19.5 Å². The summed E-state index contributed by atoms with van der Waals surface area (Å²) in [4.78, 5) is 12.9. The summed E-state index contributed by atoms with van der Waals surface area (Å²) in [5.74, 6) is 1.89. The molecule has 5 nitrogen and oxygen atoms in total. The van der Waals surface area contributed by atoms with Gasteiger partial charge in [0.05, 0.1) is 0 Å². The molecule has 0 saturated heterocycles. The van der Waals surface area contributed by atoms with Crippen molar-refractivity contribution in [1.82, 2.24) is 19.8 Å². The minimum Gasteiger partial charge on any atom is -0.357 e. The van der Waals surface area contributed by atoms with Gasteiger partial charge in [0, 0.05) is 44.0 Å². The zero-order valence-electron chi connectivity index (χ0n) is 16.4. The molecule has 0 bridgehead atoms. The van der Waals surface area contributed by atoms with Crippen molar-refractivity contribution in [1.29, 1.82) is 0 Å². The SMILES string of the molecule is CCNC(=NCc1nccn1Cc1ccccc1)N(C)CCc1cccs1.I. The lowest BCUT2D eigenvalue weighted by Crippen LogP contribution is -2.40. The topological polar surface area (TPSA) is 45.5 Å². The number of hydrogen-bond donors (Lipinski definition) is 1. The highest BCUT2D eigenvalue weighted by molar-refractivity contribution is 14.0. The average molecular weight is 509 g/mol. The maximum absolute atomic E-state index is 4.81. The van der Waals surface area contributed by atoms with Crippen LogP contribution >= 0.6 is 35.3 Å². The predicted octanol–water partition coefficient (Wildman–Crippen LogP) is 4.25. The molecule has 3 rings (SSSR count). The van der Waals surface area contributed by atoms with Gasteiger partial charge in [0.25, 0.3) is 0 Å². The Bertz CT molecular complexity index is 830. The highest BCUT2D eigenvalue weighted by Gasteiger charge is 2.08. The van der Waals surface area contributed by atoms with Gasteiger partial charge < -0.3 is 14.8 Å². The molecule has 2 heterocycles. The lowest BCUT2D eigenvalue weighted by Gasteiger charge is -2.21. The van der Waals surface area contributed by atoms with E-state index >= 15 is 0 Å². The Morgan fingerprint density at radius 2 is 2.04 bits per heavy atom. The van der Waals surface area contributed by atoms with Crippen molar-refractivity contribution in [3.8, 4) is 0 Å². The third-order valence-electron chi connectivity index (χ3n) is 4.34. The zero-order valence-corrected chi connectivity index (χ0v) is 19.6. The summed E-state index contributed by atoms with van der Waals surface area (Å²) in [7, 11) is 2.09. The van der Waals surface area contributed by atoms with Crippen LogP contribution in [0.3, 0.4) is 0 Å². The maximum atomic E-state index is 4.81. The number of nitrogens with one attached hydrogen (secondary N) is 1. The molecule has 0 aliphatic carbocycles. The Kier molecular flexibility index (Phi) is 9.49. The van der Waals surface area contributed by atoms with E-state index in [0.29, 0.717) is 6.54 Å². The Hall–Kier alpha value is -1.87. The summed E-state index contributed by atoms with van der Waals surface area (Å²) in [5, 5.41) is 5.51. The predicted molar refractivity (Wildman–Crippen MR) is 129 cm³/mol. The van der Waals surface area contributed by atoms with Crippen LogP contribution in [0.15, 0.2) is 65.2 Å². The minimum absolute atomic E-state index is 0. The average Bonchev–Trinajstić information content (AvgIpc) is 3.36. The Morgan fingerprint density at radius 3 is 2.75 bits per heavy atom. The Balaban J connectivity index is 0.00000280. The number of thiophene rings is 1. The molecular weight excluding hydrogens is 481 g/mol. The Labute approximate surface area is 188 Å². The van der Waals surface area contributed by atoms with Crippen LogP contribution in [0.1, 0.15) is 23.2 Å². The number of imidazole rings is 1. The number of nitrogens with zero attached hydrogens (tertiary/aromatic N) is 4. The molecule has 0 spiro atoms. The number of aromatic nitrogens is 2. The standard InChI is InChI=1S/C21H27N5S.HI/c1-3-22-21(25(2)13-11-19-10-7-15-27-19)24-16-20-23-12-14-26(20)17-18-8-5-4-6-9-18;/h4-10,12,14-15H,3,11,13,16-17H2,1-2H3,(H,22,24);1H. The van der Waals surface area contributed by atoms with Gasteiger partial charge in [0.1, 0.15) is 12.4 Å². The fraction of sp³-hybridized carbons (Fsp3) is 0.333. The number of guanidine groups is 1. The van der Waals surface area contributed by atoms with Gasteiger partial charge in [-0.25, -0.2) is 9.98 Å². The second-order valence-corrected chi connectivity index (χ2v) is 7.41. The number of halogens is 1. The van der Waals surface area contributed by atoms with Crippen molar-refractivity contribution in [2.75, 3.05) is 20.1 Å². The van der Waals surface area contributed by atoms with Gasteiger partial charge in [-0.3, -0.25) is 0 Å². The molecule has 7 heteroatoms. The summed E-state index contributed by atoms with van der Waals surface area (Å²) in [5.41, 5.74) is 1.26. The van der Waals surface area contributed by atoms with Crippen LogP contribution < -0.4 is 5.32 Å². The number of benzene rings is 1. The first-order valence-corrected chi connectivity index (χ1v) is 10.2. The van der Waals surface area contributed by atoms with Gasteiger partial charge in [0.2, 0.25) is 0 Å². The third-order valence-corrected chi connectivity index (χ3v) is 5.27. The number of likely N-dealkylation sites (N-methyl/N-ethyl adjacent to an activating group) is 1. The van der Waals surface area contributed by atoms with Gasteiger partial charge in [0.15, 0.2) is 5.96 Å². The van der Waals surface area contributed by atoms with E-state index in [4.69, 9.17) is 4.99 Å². The maximum Gasteiger partial charge on any atom is 0.194 e. The van der Waals surface area contributed by atoms with E-state index in [-0.39, 0.29) is 24.0 Å². The van der Waals surface area contributed by atoms with Gasteiger partial charge in [-0.1, -0.05) is 36.4 Å². The van der Waals surface area contributed by atoms with E-state index < -0.39 is 0 Å². The highest BCUT2D eigenvalue weighted by atomic mass is 127. The first-order chi connectivity index (χ1) is 13.3. The Morgan fingerprint density at radius 1 is 1.21 bits per heavy atom. The second kappa shape index (κ2) is 11.9. The van der Waals surface area contributed by atoms with Crippen molar-refractivity contribution in [3.63, 3.8) is 0 Å². The lowest BCUT2D eigenvalue weighted by molar-refractivity contribution is 0.486. The molecule has 3 aromatic rings. The first-order valence-electron chi connectivity index (χ1n) is 9.32. The summed E-state index contributed by atoms with van der Waals surface area (Å²) in [6.07, 6.45) is 4.90. The van der Waals surface area contributed by atoms with Gasteiger partial charge in [-0.15, -0.1) is 35.3 Å². The van der Waals surface area contributed by atoms with Crippen molar-refractivity contribution in [3.05, 3.63) is 76.5 Å². The summed E-state index contributed by atoms with van der Waals surface area (Å²) in [6.45, 7) is 5.26. The molecule has 0 aliphatic heterocycles. The molecule has 2 aromatic heterocycles. The van der Waals surface area contributed by atoms with Crippen LogP contribution in [0, 0.1) is 0 Å². The zero-order chi connectivity index (χ0) is 18.9. The molecule has 0 fully saturated rings. The van der Waals surface area contributed by atoms with Crippen LogP contribution in [0.5, 0.6) is 0 Å². The lowest BCUT2D eigenvalue weighted by atomic mass is 10.2. The molecule has 28 heavy (non-hydrogen) atoms. The first kappa shape index (κ1) is 22.4. The molecule has 0 atom stereocenters. The monoisotopic (exact) mass is 509 g/mol. The minimum atomic E-state index is 0. The molecule has 0 aliphatic rings. The molecule has 150 valence electrons. The van der Waals surface area contributed by atoms with Crippen molar-refractivity contribution in [2.45, 2.75) is 26.4 Å². The largest absolute Gasteiger partial charge is 0.357 e. The van der Waals surface area contributed by atoms with Gasteiger partial charge in [-0.2, -0.15) is 0 Å². The van der Waals surface area contributed by atoms with E-state index in [1.54, 1.807) is 11.3 Å². The number of aliphatic imine (C=N–C) groups is 1. The van der Waals surface area contributed by atoms with E-state index in [2.05, 4.69) is 75.5 Å². The molecule has 0 amide bonds. The van der Waals surface area contributed by atoms with E-state index in [1.165, 1.54) is 10.4 Å². The molecular formula is C21H28IN5S. The third kappa shape index (κ3) is 6.63. The fourth-order valence-electron chi connectivity index (χ4n) is 2.87. The van der Waals surface area contributed by atoms with Crippen molar-refractivity contribution in [2.24, 2.45) is 4.99 Å². The van der Waals surface area contributed by atoms with Gasteiger partial charge >= 0.3 is 0 Å². The second-order valence-electron chi connectivity index (χ2n) is 6.38. The smallest absolute Gasteiger partial charge is 0.194 e. The molecule has 1 aromatic carbocycles. The molecule has 0 saturated carbocycles. The van der Waals surface area contributed by atoms with Crippen molar-refractivity contribution >= 4 is 41.3 Å². The molecule has 0 unspecified atom stereocenters. The fourth-order valence-corrected chi connectivity index (χ4v) is 3.57. The van der Waals surface area contributed by atoms with Gasteiger partial charge in [-0.05, 0) is 30.4 Å². The van der Waals surface area contributed by atoms with Crippen LogP contribution in [0.4, 0.5) is 0 Å². The highest BCUT2D eigenvalue weighted by Crippen LogP contribution is 2.10. The van der Waals surface area contributed by atoms with E-state index in [1.807, 2.05) is 18.5 Å². The summed E-state index contributed by atoms with van der Waals surface area (Å²) in [6, 6.07) is 14.7. The molecule has 1 N–H and O–H groups in total. The van der Waals surface area contributed by atoms with Crippen molar-refractivity contribution < 1.29 is 0 Å². The van der Waals surface area contributed by atoms with E-state index in [0.717, 1.165) is 37.8 Å². The van der Waals surface area contributed by atoms with Crippen LogP contribution in [0.2, 0.25) is 0 Å². The summed E-state index contributed by atoms with van der Waals surface area (Å²) >= 11 is 1.80. The normalized spacial score (nSPS) is 11.1. The quantitative estimate of drug-likeness (QED) is 0.281. The number of rotatable bonds is 8.